The van der Waals surface area contributed by atoms with Gasteiger partial charge in [0.2, 0.25) is 0 Å². The van der Waals surface area contributed by atoms with Gasteiger partial charge in [-0.15, -0.1) is 0 Å². The normalized spacial score (nSPS) is 18.7. The zero-order chi connectivity index (χ0) is 13.1. The van der Waals surface area contributed by atoms with Gasteiger partial charge in [-0.3, -0.25) is 11.3 Å². The van der Waals surface area contributed by atoms with E-state index in [9.17, 15) is 0 Å². The molecule has 1 fully saturated rings. The van der Waals surface area contributed by atoms with Gasteiger partial charge in [-0.05, 0) is 43.4 Å². The van der Waals surface area contributed by atoms with E-state index in [0.29, 0.717) is 22.6 Å². The summed E-state index contributed by atoms with van der Waals surface area (Å²) in [7, 11) is 0. The lowest BCUT2D eigenvalue weighted by molar-refractivity contribution is 0.0185. The van der Waals surface area contributed by atoms with Gasteiger partial charge in [0.25, 0.3) is 0 Å². The average molecular weight is 289 g/mol. The van der Waals surface area contributed by atoms with Crippen molar-refractivity contribution >= 4 is 23.2 Å². The van der Waals surface area contributed by atoms with Crippen molar-refractivity contribution in [3.8, 4) is 0 Å². The Morgan fingerprint density at radius 2 is 2.11 bits per heavy atom. The topological polar surface area (TPSA) is 47.3 Å². The summed E-state index contributed by atoms with van der Waals surface area (Å²) in [6, 6.07) is 5.53. The maximum absolute atomic E-state index is 6.05. The maximum Gasteiger partial charge on any atom is 0.0810 e. The highest BCUT2D eigenvalue weighted by Crippen LogP contribution is 2.40. The molecule has 0 spiro atoms. The van der Waals surface area contributed by atoms with E-state index in [4.69, 9.17) is 33.8 Å². The molecule has 0 amide bonds. The molecule has 18 heavy (non-hydrogen) atoms. The van der Waals surface area contributed by atoms with E-state index < -0.39 is 0 Å². The third kappa shape index (κ3) is 3.16. The minimum atomic E-state index is -0.0489. The Hall–Kier alpha value is -0.320. The lowest BCUT2D eigenvalue weighted by Crippen LogP contribution is -2.39. The van der Waals surface area contributed by atoms with Crippen molar-refractivity contribution < 1.29 is 4.74 Å². The molecule has 100 valence electrons. The first-order valence-corrected chi connectivity index (χ1v) is 6.95. The first-order chi connectivity index (χ1) is 8.67. The van der Waals surface area contributed by atoms with Crippen molar-refractivity contribution in [1.82, 2.24) is 5.43 Å². The molecule has 5 heteroatoms. The molecule has 0 bridgehead atoms. The van der Waals surface area contributed by atoms with E-state index in [1.54, 1.807) is 6.07 Å². The SMILES string of the molecule is CCOC(C1CC1)C(NN)c1ccc(Cl)c(Cl)c1. The summed E-state index contributed by atoms with van der Waals surface area (Å²) in [6.07, 6.45) is 2.49. The quantitative estimate of drug-likeness (QED) is 0.624. The largest absolute Gasteiger partial charge is 0.376 e. The van der Waals surface area contributed by atoms with Crippen LogP contribution in [0, 0.1) is 5.92 Å². The number of halogens is 2. The number of ether oxygens (including phenoxy) is 1. The van der Waals surface area contributed by atoms with E-state index >= 15 is 0 Å². The monoisotopic (exact) mass is 288 g/mol. The van der Waals surface area contributed by atoms with Gasteiger partial charge in [-0.25, -0.2) is 0 Å². The Morgan fingerprint density at radius 1 is 1.39 bits per heavy atom. The number of benzene rings is 1. The van der Waals surface area contributed by atoms with Crippen LogP contribution in [0.5, 0.6) is 0 Å². The fourth-order valence-electron chi connectivity index (χ4n) is 2.21. The van der Waals surface area contributed by atoms with Crippen LogP contribution < -0.4 is 11.3 Å². The number of nitrogens with two attached hydrogens (primary N) is 1. The Morgan fingerprint density at radius 3 is 2.61 bits per heavy atom. The first kappa shape index (κ1) is 14.1. The maximum atomic E-state index is 6.05. The molecule has 1 aliphatic rings. The summed E-state index contributed by atoms with van der Waals surface area (Å²) in [5.41, 5.74) is 3.86. The predicted molar refractivity (Wildman–Crippen MR) is 74.7 cm³/mol. The van der Waals surface area contributed by atoms with Gasteiger partial charge in [0, 0.05) is 6.61 Å². The molecule has 2 rings (SSSR count). The molecule has 2 unspecified atom stereocenters. The smallest absolute Gasteiger partial charge is 0.0810 e. The Kier molecular flexibility index (Phi) is 4.87. The molecule has 1 aliphatic carbocycles. The van der Waals surface area contributed by atoms with E-state index in [-0.39, 0.29) is 12.1 Å². The van der Waals surface area contributed by atoms with E-state index in [0.717, 1.165) is 5.56 Å². The summed E-state index contributed by atoms with van der Waals surface area (Å²) in [6.45, 7) is 2.68. The molecule has 0 radical (unpaired) electrons. The summed E-state index contributed by atoms with van der Waals surface area (Å²) in [5, 5.41) is 1.09. The summed E-state index contributed by atoms with van der Waals surface area (Å²) >= 11 is 12.0. The fraction of sp³-hybridized carbons (Fsp3) is 0.538. The Labute approximate surface area is 118 Å². The van der Waals surface area contributed by atoms with Crippen molar-refractivity contribution in [3.05, 3.63) is 33.8 Å². The number of hydrogen-bond donors (Lipinski definition) is 2. The van der Waals surface area contributed by atoms with Crippen LogP contribution in [-0.4, -0.2) is 12.7 Å². The number of nitrogens with one attached hydrogen (secondary N) is 1. The van der Waals surface area contributed by atoms with Gasteiger partial charge in [0.1, 0.15) is 0 Å². The third-order valence-corrected chi connectivity index (χ3v) is 4.00. The van der Waals surface area contributed by atoms with Gasteiger partial charge >= 0.3 is 0 Å². The van der Waals surface area contributed by atoms with E-state index in [1.165, 1.54) is 12.8 Å². The highest BCUT2D eigenvalue weighted by Gasteiger charge is 2.37. The lowest BCUT2D eigenvalue weighted by atomic mass is 9.98. The highest BCUT2D eigenvalue weighted by molar-refractivity contribution is 6.42. The third-order valence-electron chi connectivity index (χ3n) is 3.26. The van der Waals surface area contributed by atoms with Gasteiger partial charge in [-0.2, -0.15) is 0 Å². The molecule has 3 nitrogen and oxygen atoms in total. The molecule has 0 aliphatic heterocycles. The van der Waals surface area contributed by atoms with Crippen LogP contribution >= 0.6 is 23.2 Å². The molecule has 1 aromatic rings. The lowest BCUT2D eigenvalue weighted by Gasteiger charge is -2.27. The summed E-state index contributed by atoms with van der Waals surface area (Å²) < 4.78 is 5.82. The van der Waals surface area contributed by atoms with Crippen LogP contribution in [0.2, 0.25) is 10.0 Å². The molecule has 1 saturated carbocycles. The van der Waals surface area contributed by atoms with Gasteiger partial charge in [0.15, 0.2) is 0 Å². The number of hydrogen-bond acceptors (Lipinski definition) is 3. The van der Waals surface area contributed by atoms with Crippen molar-refractivity contribution in [3.63, 3.8) is 0 Å². The zero-order valence-electron chi connectivity index (χ0n) is 10.3. The van der Waals surface area contributed by atoms with Crippen molar-refractivity contribution in [2.75, 3.05) is 6.61 Å². The highest BCUT2D eigenvalue weighted by atomic mass is 35.5. The second kappa shape index (κ2) is 6.22. The molecule has 1 aromatic carbocycles. The summed E-state index contributed by atoms with van der Waals surface area (Å²) in [4.78, 5) is 0. The minimum Gasteiger partial charge on any atom is -0.376 e. The van der Waals surface area contributed by atoms with Crippen LogP contribution in [0.1, 0.15) is 31.4 Å². The first-order valence-electron chi connectivity index (χ1n) is 6.20. The van der Waals surface area contributed by atoms with Crippen LogP contribution in [0.3, 0.4) is 0 Å². The van der Waals surface area contributed by atoms with Crippen LogP contribution in [0.4, 0.5) is 0 Å². The number of rotatable bonds is 6. The average Bonchev–Trinajstić information content (AvgIpc) is 3.17. The molecule has 3 N–H and O–H groups in total. The van der Waals surface area contributed by atoms with E-state index in [2.05, 4.69) is 5.43 Å². The minimum absolute atomic E-state index is 0.0489. The van der Waals surface area contributed by atoms with Crippen molar-refractivity contribution in [2.45, 2.75) is 31.9 Å². The Balaban J connectivity index is 2.22. The second-order valence-corrected chi connectivity index (χ2v) is 5.39. The van der Waals surface area contributed by atoms with Crippen LogP contribution in [0.25, 0.3) is 0 Å². The zero-order valence-corrected chi connectivity index (χ0v) is 11.8. The molecule has 0 heterocycles. The van der Waals surface area contributed by atoms with Crippen LogP contribution in [-0.2, 0) is 4.74 Å². The molecule has 0 saturated heterocycles. The van der Waals surface area contributed by atoms with Gasteiger partial charge in [0.05, 0.1) is 22.2 Å². The standard InChI is InChI=1S/C13H18Cl2N2O/c1-2-18-13(8-3-4-8)12(17-16)9-5-6-10(14)11(15)7-9/h5-8,12-13,17H,2-4,16H2,1H3. The fourth-order valence-corrected chi connectivity index (χ4v) is 2.51. The van der Waals surface area contributed by atoms with Gasteiger partial charge in [-0.1, -0.05) is 29.3 Å². The molecular formula is C13H18Cl2N2O. The van der Waals surface area contributed by atoms with Crippen molar-refractivity contribution in [2.24, 2.45) is 11.8 Å². The van der Waals surface area contributed by atoms with Crippen LogP contribution in [0.15, 0.2) is 18.2 Å². The van der Waals surface area contributed by atoms with Crippen molar-refractivity contribution in [1.29, 1.82) is 0 Å². The summed E-state index contributed by atoms with van der Waals surface area (Å²) in [5.74, 6) is 6.27. The molecule has 2 atom stereocenters. The molecule has 0 aromatic heterocycles. The Bertz CT molecular complexity index is 410. The van der Waals surface area contributed by atoms with Gasteiger partial charge < -0.3 is 4.74 Å². The number of hydrazine groups is 1. The molecular weight excluding hydrogens is 271 g/mol. The second-order valence-electron chi connectivity index (χ2n) is 4.58. The van der Waals surface area contributed by atoms with E-state index in [1.807, 2.05) is 19.1 Å². The predicted octanol–water partition coefficient (Wildman–Crippen LogP) is 3.31.